The molecule has 16 heavy (non-hydrogen) atoms. The van der Waals surface area contributed by atoms with E-state index in [1.54, 1.807) is 6.26 Å². The zero-order chi connectivity index (χ0) is 11.5. The fourth-order valence-electron chi connectivity index (χ4n) is 2.07. The van der Waals surface area contributed by atoms with Gasteiger partial charge in [0.2, 0.25) is 0 Å². The number of rotatable bonds is 4. The van der Waals surface area contributed by atoms with Crippen molar-refractivity contribution in [3.05, 3.63) is 36.1 Å². The highest BCUT2D eigenvalue weighted by molar-refractivity contribution is 5.81. The molecular formula is C13H17NO2. The van der Waals surface area contributed by atoms with Crippen molar-refractivity contribution in [2.24, 2.45) is 0 Å². The highest BCUT2D eigenvalue weighted by Crippen LogP contribution is 2.30. The lowest BCUT2D eigenvalue weighted by molar-refractivity contribution is 0.211. The normalized spacial score (nSPS) is 13.5. The standard InChI is InChI=1S/C13H17NO2/c1-14(2)12(7-8-15)11-9-16-13-6-4-3-5-10(11)13/h3-6,9,12,15H,7-8H2,1-2H3. The molecule has 0 saturated heterocycles. The van der Waals surface area contributed by atoms with Crippen LogP contribution in [0.15, 0.2) is 34.9 Å². The Bertz CT molecular complexity index is 462. The summed E-state index contributed by atoms with van der Waals surface area (Å²) in [4.78, 5) is 2.10. The predicted molar refractivity (Wildman–Crippen MR) is 64.3 cm³/mol. The molecule has 1 heterocycles. The molecule has 1 aromatic carbocycles. The number of hydrogen-bond acceptors (Lipinski definition) is 3. The Kier molecular flexibility index (Phi) is 3.27. The molecule has 1 unspecified atom stereocenters. The molecule has 0 aliphatic heterocycles. The van der Waals surface area contributed by atoms with Crippen LogP contribution >= 0.6 is 0 Å². The van der Waals surface area contributed by atoms with Gasteiger partial charge in [0.25, 0.3) is 0 Å². The van der Waals surface area contributed by atoms with Gasteiger partial charge in [-0.2, -0.15) is 0 Å². The van der Waals surface area contributed by atoms with Gasteiger partial charge in [0.05, 0.1) is 6.26 Å². The lowest BCUT2D eigenvalue weighted by atomic mass is 10.0. The van der Waals surface area contributed by atoms with Gasteiger partial charge in [0, 0.05) is 23.6 Å². The largest absolute Gasteiger partial charge is 0.464 e. The van der Waals surface area contributed by atoms with Crippen LogP contribution in [0.25, 0.3) is 11.0 Å². The Labute approximate surface area is 95.3 Å². The Morgan fingerprint density at radius 3 is 2.75 bits per heavy atom. The van der Waals surface area contributed by atoms with Gasteiger partial charge in [-0.05, 0) is 26.6 Å². The van der Waals surface area contributed by atoms with Crippen LogP contribution in [0.1, 0.15) is 18.0 Å². The summed E-state index contributed by atoms with van der Waals surface area (Å²) in [6.07, 6.45) is 2.52. The molecule has 2 rings (SSSR count). The van der Waals surface area contributed by atoms with Gasteiger partial charge in [-0.3, -0.25) is 0 Å². The van der Waals surface area contributed by atoms with Crippen molar-refractivity contribution in [2.75, 3.05) is 20.7 Å². The molecule has 0 spiro atoms. The Morgan fingerprint density at radius 1 is 1.31 bits per heavy atom. The summed E-state index contributed by atoms with van der Waals surface area (Å²) in [5.74, 6) is 0. The minimum Gasteiger partial charge on any atom is -0.464 e. The third-order valence-electron chi connectivity index (χ3n) is 2.90. The third-order valence-corrected chi connectivity index (χ3v) is 2.90. The number of aliphatic hydroxyl groups is 1. The summed E-state index contributed by atoms with van der Waals surface area (Å²) >= 11 is 0. The number of fused-ring (bicyclic) bond motifs is 1. The van der Waals surface area contributed by atoms with Gasteiger partial charge in [-0.1, -0.05) is 18.2 Å². The number of furan rings is 1. The van der Waals surface area contributed by atoms with Gasteiger partial charge in [0.1, 0.15) is 5.58 Å². The zero-order valence-electron chi connectivity index (χ0n) is 9.68. The monoisotopic (exact) mass is 219 g/mol. The Morgan fingerprint density at radius 2 is 2.06 bits per heavy atom. The molecule has 0 aliphatic carbocycles. The van der Waals surface area contributed by atoms with Crippen LogP contribution in [0.5, 0.6) is 0 Å². The fourth-order valence-corrected chi connectivity index (χ4v) is 2.07. The zero-order valence-corrected chi connectivity index (χ0v) is 9.68. The van der Waals surface area contributed by atoms with E-state index in [1.807, 2.05) is 32.3 Å². The highest BCUT2D eigenvalue weighted by Gasteiger charge is 2.18. The molecule has 1 aromatic heterocycles. The van der Waals surface area contributed by atoms with Crippen LogP contribution in [0, 0.1) is 0 Å². The lowest BCUT2D eigenvalue weighted by Gasteiger charge is -2.22. The van der Waals surface area contributed by atoms with E-state index in [0.29, 0.717) is 0 Å². The van der Waals surface area contributed by atoms with E-state index in [0.717, 1.165) is 23.0 Å². The smallest absolute Gasteiger partial charge is 0.134 e. The quantitative estimate of drug-likeness (QED) is 0.858. The fraction of sp³-hybridized carbons (Fsp3) is 0.385. The number of benzene rings is 1. The second kappa shape index (κ2) is 4.68. The minimum atomic E-state index is 0.183. The summed E-state index contributed by atoms with van der Waals surface area (Å²) in [5, 5.41) is 10.2. The summed E-state index contributed by atoms with van der Waals surface area (Å²) < 4.78 is 5.52. The van der Waals surface area contributed by atoms with Crippen LogP contribution in [0.3, 0.4) is 0 Å². The average Bonchev–Trinajstić information content (AvgIpc) is 2.69. The predicted octanol–water partition coefficient (Wildman–Crippen LogP) is 2.42. The van der Waals surface area contributed by atoms with E-state index in [2.05, 4.69) is 11.0 Å². The molecule has 2 aromatic rings. The maximum Gasteiger partial charge on any atom is 0.134 e. The number of nitrogens with zero attached hydrogens (tertiary/aromatic N) is 1. The molecule has 1 N–H and O–H groups in total. The van der Waals surface area contributed by atoms with E-state index < -0.39 is 0 Å². The second-order valence-electron chi connectivity index (χ2n) is 4.18. The van der Waals surface area contributed by atoms with Crippen molar-refractivity contribution in [3.8, 4) is 0 Å². The Hall–Kier alpha value is -1.32. The van der Waals surface area contributed by atoms with Crippen LogP contribution in [-0.2, 0) is 0 Å². The van der Waals surface area contributed by atoms with Crippen LogP contribution in [0.2, 0.25) is 0 Å². The second-order valence-corrected chi connectivity index (χ2v) is 4.18. The van der Waals surface area contributed by atoms with E-state index in [9.17, 15) is 0 Å². The van der Waals surface area contributed by atoms with Crippen LogP contribution in [0.4, 0.5) is 0 Å². The summed E-state index contributed by atoms with van der Waals surface area (Å²) in [7, 11) is 4.03. The Balaban J connectivity index is 2.44. The van der Waals surface area contributed by atoms with E-state index in [4.69, 9.17) is 9.52 Å². The van der Waals surface area contributed by atoms with Crippen molar-refractivity contribution >= 4 is 11.0 Å². The first-order chi connectivity index (χ1) is 7.74. The lowest BCUT2D eigenvalue weighted by Crippen LogP contribution is -2.20. The molecule has 0 aliphatic rings. The average molecular weight is 219 g/mol. The molecule has 0 fully saturated rings. The molecule has 1 atom stereocenters. The van der Waals surface area contributed by atoms with Gasteiger partial charge >= 0.3 is 0 Å². The topological polar surface area (TPSA) is 36.6 Å². The molecule has 0 radical (unpaired) electrons. The van der Waals surface area contributed by atoms with Crippen LogP contribution < -0.4 is 0 Å². The molecule has 0 bridgehead atoms. The maximum atomic E-state index is 9.10. The highest BCUT2D eigenvalue weighted by atomic mass is 16.3. The number of aliphatic hydroxyl groups excluding tert-OH is 1. The van der Waals surface area contributed by atoms with Crippen molar-refractivity contribution in [3.63, 3.8) is 0 Å². The minimum absolute atomic E-state index is 0.183. The SMILES string of the molecule is CN(C)C(CCO)c1coc2ccccc12. The van der Waals surface area contributed by atoms with Crippen molar-refractivity contribution in [1.29, 1.82) is 0 Å². The first-order valence-electron chi connectivity index (χ1n) is 5.47. The van der Waals surface area contributed by atoms with Crippen molar-refractivity contribution < 1.29 is 9.52 Å². The molecule has 3 heteroatoms. The number of para-hydroxylation sites is 1. The van der Waals surface area contributed by atoms with Gasteiger partial charge in [-0.15, -0.1) is 0 Å². The maximum absolute atomic E-state index is 9.10. The molecule has 3 nitrogen and oxygen atoms in total. The van der Waals surface area contributed by atoms with Gasteiger partial charge < -0.3 is 14.4 Å². The third kappa shape index (κ3) is 1.96. The van der Waals surface area contributed by atoms with E-state index >= 15 is 0 Å². The summed E-state index contributed by atoms with van der Waals surface area (Å²) in [5.41, 5.74) is 2.05. The van der Waals surface area contributed by atoms with E-state index in [-0.39, 0.29) is 12.6 Å². The van der Waals surface area contributed by atoms with Crippen LogP contribution in [-0.4, -0.2) is 30.7 Å². The van der Waals surface area contributed by atoms with Gasteiger partial charge in [0.15, 0.2) is 0 Å². The van der Waals surface area contributed by atoms with Gasteiger partial charge in [-0.25, -0.2) is 0 Å². The number of hydrogen-bond donors (Lipinski definition) is 1. The molecular weight excluding hydrogens is 202 g/mol. The van der Waals surface area contributed by atoms with Crippen molar-refractivity contribution in [1.82, 2.24) is 4.90 Å². The first kappa shape index (κ1) is 11.2. The first-order valence-corrected chi connectivity index (χ1v) is 5.47. The summed E-state index contributed by atoms with van der Waals surface area (Å²) in [6.45, 7) is 0.183. The molecule has 0 amide bonds. The molecule has 86 valence electrons. The van der Waals surface area contributed by atoms with E-state index in [1.165, 1.54) is 0 Å². The van der Waals surface area contributed by atoms with Crippen molar-refractivity contribution in [2.45, 2.75) is 12.5 Å². The molecule has 0 saturated carbocycles. The summed E-state index contributed by atoms with van der Waals surface area (Å²) in [6, 6.07) is 8.19.